The number of nitrogens with zero attached hydrogens (tertiary/aromatic N) is 3. The van der Waals surface area contributed by atoms with Crippen molar-refractivity contribution in [1.82, 2.24) is 14.5 Å². The highest BCUT2D eigenvalue weighted by Crippen LogP contribution is 2.26. The zero-order valence-corrected chi connectivity index (χ0v) is 14.6. The van der Waals surface area contributed by atoms with Gasteiger partial charge in [-0.2, -0.15) is 0 Å². The number of sulfonamides is 1. The third kappa shape index (κ3) is 4.77. The summed E-state index contributed by atoms with van der Waals surface area (Å²) in [5, 5.41) is 11.1. The summed E-state index contributed by atoms with van der Waals surface area (Å²) >= 11 is 2.80. The first-order valence-corrected chi connectivity index (χ1v) is 10.4. The minimum absolute atomic E-state index is 0.204. The fraction of sp³-hybridized carbons (Fsp3) is 0.583. The van der Waals surface area contributed by atoms with E-state index in [0.717, 1.165) is 10.1 Å². The average Bonchev–Trinajstić information content (AvgIpc) is 2.92. The zero-order valence-electron chi connectivity index (χ0n) is 12.2. The Morgan fingerprint density at radius 3 is 3.05 bits per heavy atom. The van der Waals surface area contributed by atoms with Gasteiger partial charge >= 0.3 is 0 Å². The number of hydrogen-bond acceptors (Lipinski definition) is 7. The first-order valence-electron chi connectivity index (χ1n) is 6.73. The molecule has 0 radical (unpaired) electrons. The number of carbonyl (C=O) groups excluding carboxylic acids is 1. The zero-order chi connectivity index (χ0) is 16.2. The van der Waals surface area contributed by atoms with Crippen LogP contribution in [0.3, 0.4) is 0 Å². The van der Waals surface area contributed by atoms with E-state index in [0.29, 0.717) is 24.5 Å². The number of carbonyl (C=O) groups is 1. The topological polar surface area (TPSA) is 92.3 Å². The fourth-order valence-corrected chi connectivity index (χ4v) is 4.54. The Morgan fingerprint density at radius 1 is 1.59 bits per heavy atom. The summed E-state index contributed by atoms with van der Waals surface area (Å²) in [5.74, 6) is 0.176. The van der Waals surface area contributed by atoms with E-state index in [1.54, 1.807) is 6.08 Å². The minimum atomic E-state index is -3.26. The highest BCUT2D eigenvalue weighted by molar-refractivity contribution is 8.01. The summed E-state index contributed by atoms with van der Waals surface area (Å²) in [6.07, 6.45) is 4.30. The van der Waals surface area contributed by atoms with Gasteiger partial charge in [-0.05, 0) is 12.8 Å². The first kappa shape index (κ1) is 17.4. The van der Waals surface area contributed by atoms with Gasteiger partial charge in [-0.3, -0.25) is 4.79 Å². The van der Waals surface area contributed by atoms with Crippen LogP contribution in [0.5, 0.6) is 0 Å². The molecule has 1 saturated heterocycles. The molecule has 1 atom stereocenters. The molecule has 10 heteroatoms. The summed E-state index contributed by atoms with van der Waals surface area (Å²) in [6, 6.07) is 0. The van der Waals surface area contributed by atoms with Crippen LogP contribution in [-0.2, 0) is 14.8 Å². The van der Waals surface area contributed by atoms with Crippen molar-refractivity contribution < 1.29 is 13.2 Å². The molecule has 1 aliphatic heterocycles. The fourth-order valence-electron chi connectivity index (χ4n) is 2.11. The summed E-state index contributed by atoms with van der Waals surface area (Å²) in [5.41, 5.74) is 0. The van der Waals surface area contributed by atoms with Gasteiger partial charge < -0.3 is 5.32 Å². The Morgan fingerprint density at radius 2 is 2.36 bits per heavy atom. The smallest absolute Gasteiger partial charge is 0.230 e. The Kier molecular flexibility index (Phi) is 5.95. The number of amides is 1. The van der Waals surface area contributed by atoms with E-state index in [9.17, 15) is 13.2 Å². The van der Waals surface area contributed by atoms with Crippen LogP contribution in [0.25, 0.3) is 0 Å². The number of nitrogens with one attached hydrogen (secondary N) is 1. The van der Waals surface area contributed by atoms with Crippen LogP contribution >= 0.6 is 23.1 Å². The van der Waals surface area contributed by atoms with Crippen molar-refractivity contribution in [3.63, 3.8) is 0 Å². The van der Waals surface area contributed by atoms with Crippen molar-refractivity contribution in [3.8, 4) is 0 Å². The van der Waals surface area contributed by atoms with Gasteiger partial charge in [0, 0.05) is 18.8 Å². The van der Waals surface area contributed by atoms with Crippen molar-refractivity contribution in [2.75, 3.05) is 30.4 Å². The third-order valence-corrected chi connectivity index (χ3v) is 6.42. The molecule has 1 amide bonds. The van der Waals surface area contributed by atoms with Gasteiger partial charge in [-0.1, -0.05) is 29.2 Å². The Hall–Kier alpha value is -0.970. The molecule has 1 aromatic rings. The van der Waals surface area contributed by atoms with Gasteiger partial charge in [0.15, 0.2) is 4.34 Å². The second-order valence-corrected chi connectivity index (χ2v) is 9.15. The Balaban J connectivity index is 1.94. The predicted octanol–water partition coefficient (Wildman–Crippen LogP) is 1.43. The highest BCUT2D eigenvalue weighted by atomic mass is 32.2. The predicted molar refractivity (Wildman–Crippen MR) is 88.6 cm³/mol. The van der Waals surface area contributed by atoms with Gasteiger partial charge in [0.2, 0.25) is 21.1 Å². The highest BCUT2D eigenvalue weighted by Gasteiger charge is 2.30. The quantitative estimate of drug-likeness (QED) is 0.467. The Labute approximate surface area is 138 Å². The number of hydrogen-bond donors (Lipinski definition) is 1. The molecule has 0 saturated carbocycles. The monoisotopic (exact) mass is 362 g/mol. The molecule has 2 heterocycles. The molecule has 0 bridgehead atoms. The molecular weight excluding hydrogens is 344 g/mol. The number of rotatable bonds is 6. The second-order valence-electron chi connectivity index (χ2n) is 4.92. The molecule has 7 nitrogen and oxygen atoms in total. The van der Waals surface area contributed by atoms with Gasteiger partial charge in [0.25, 0.3) is 0 Å². The molecule has 0 aromatic carbocycles. The number of piperidine rings is 1. The molecule has 122 valence electrons. The normalized spacial score (nSPS) is 19.8. The van der Waals surface area contributed by atoms with Crippen LogP contribution in [0.2, 0.25) is 0 Å². The number of anilines is 1. The van der Waals surface area contributed by atoms with E-state index in [-0.39, 0.29) is 18.4 Å². The average molecular weight is 363 g/mol. The minimum Gasteiger partial charge on any atom is -0.300 e. The second kappa shape index (κ2) is 7.53. The van der Waals surface area contributed by atoms with Crippen molar-refractivity contribution in [2.45, 2.75) is 17.2 Å². The van der Waals surface area contributed by atoms with Crippen LogP contribution in [0, 0.1) is 5.92 Å². The number of aromatic nitrogens is 2. The van der Waals surface area contributed by atoms with E-state index in [4.69, 9.17) is 0 Å². The molecule has 1 aromatic heterocycles. The first-order chi connectivity index (χ1) is 10.4. The van der Waals surface area contributed by atoms with E-state index >= 15 is 0 Å². The molecule has 0 aliphatic carbocycles. The van der Waals surface area contributed by atoms with E-state index in [1.165, 1.54) is 33.7 Å². The van der Waals surface area contributed by atoms with Crippen molar-refractivity contribution in [3.05, 3.63) is 12.7 Å². The van der Waals surface area contributed by atoms with Crippen molar-refractivity contribution >= 4 is 44.2 Å². The Bertz CT molecular complexity index is 644. The third-order valence-electron chi connectivity index (χ3n) is 3.19. The molecule has 1 aliphatic rings. The lowest BCUT2D eigenvalue weighted by Crippen LogP contribution is -2.43. The maximum atomic E-state index is 12.2. The van der Waals surface area contributed by atoms with Gasteiger partial charge in [-0.15, -0.1) is 16.8 Å². The summed E-state index contributed by atoms with van der Waals surface area (Å²) in [4.78, 5) is 12.2. The molecule has 2 rings (SSSR count). The van der Waals surface area contributed by atoms with Crippen LogP contribution in [0.15, 0.2) is 17.0 Å². The van der Waals surface area contributed by atoms with Crippen LogP contribution in [0.4, 0.5) is 5.13 Å². The maximum absolute atomic E-state index is 12.2. The van der Waals surface area contributed by atoms with Gasteiger partial charge in [0.05, 0.1) is 12.2 Å². The molecule has 22 heavy (non-hydrogen) atoms. The number of thioether (sulfide) groups is 1. The maximum Gasteiger partial charge on any atom is 0.230 e. The van der Waals surface area contributed by atoms with Crippen LogP contribution in [0.1, 0.15) is 12.8 Å². The summed E-state index contributed by atoms with van der Waals surface area (Å²) in [7, 11) is -3.26. The largest absolute Gasteiger partial charge is 0.300 e. The lowest BCUT2D eigenvalue weighted by molar-refractivity contribution is -0.120. The lowest BCUT2D eigenvalue weighted by atomic mass is 9.99. The molecular formula is C12H18N4O3S3. The van der Waals surface area contributed by atoms with E-state index in [2.05, 4.69) is 22.1 Å². The van der Waals surface area contributed by atoms with Crippen LogP contribution < -0.4 is 5.32 Å². The molecule has 0 unspecified atom stereocenters. The lowest BCUT2D eigenvalue weighted by Gasteiger charge is -2.29. The van der Waals surface area contributed by atoms with E-state index < -0.39 is 10.0 Å². The SMILES string of the molecule is C=CCSc1nnc(NC(=O)[C@@H]2CCCN(S(C)(=O)=O)C2)s1. The van der Waals surface area contributed by atoms with Gasteiger partial charge in [0.1, 0.15) is 0 Å². The van der Waals surface area contributed by atoms with Crippen molar-refractivity contribution in [2.24, 2.45) is 5.92 Å². The molecule has 1 N–H and O–H groups in total. The van der Waals surface area contributed by atoms with E-state index in [1.807, 2.05) is 0 Å². The summed E-state index contributed by atoms with van der Waals surface area (Å²) < 4.78 is 25.3. The van der Waals surface area contributed by atoms with Gasteiger partial charge in [-0.25, -0.2) is 12.7 Å². The summed E-state index contributed by atoms with van der Waals surface area (Å²) in [6.45, 7) is 4.33. The van der Waals surface area contributed by atoms with Crippen molar-refractivity contribution in [1.29, 1.82) is 0 Å². The molecule has 1 fully saturated rings. The van der Waals surface area contributed by atoms with Crippen LogP contribution in [-0.4, -0.2) is 53.9 Å². The standard InChI is InChI=1S/C12H18N4O3S3/c1-3-7-20-12-15-14-11(21-12)13-10(17)9-5-4-6-16(8-9)22(2,18)19/h3,9H,1,4-8H2,2H3,(H,13,14,17)/t9-/m1/s1. The molecule has 0 spiro atoms.